The number of rotatable bonds is 10. The molecule has 1 aromatic carbocycles. The number of urea groups is 1. The van der Waals surface area contributed by atoms with Gasteiger partial charge in [0.25, 0.3) is 21.8 Å². The number of amides is 5. The van der Waals surface area contributed by atoms with Crippen LogP contribution in [0.5, 0.6) is 0 Å². The number of carbonyl (C=O) groups excluding carboxylic acids is 4. The van der Waals surface area contributed by atoms with Crippen LogP contribution < -0.4 is 15.5 Å². The number of fused-ring (bicyclic) bond motifs is 2. The molecule has 288 valence electrons. The van der Waals surface area contributed by atoms with E-state index < -0.39 is 33.8 Å². The number of anilines is 3. The van der Waals surface area contributed by atoms with Crippen molar-refractivity contribution < 1.29 is 27.6 Å². The summed E-state index contributed by atoms with van der Waals surface area (Å²) in [6.07, 6.45) is 7.56. The Bertz CT molecular complexity index is 2560. The van der Waals surface area contributed by atoms with Gasteiger partial charge in [-0.25, -0.2) is 33.2 Å². The molecule has 20 heteroatoms. The van der Waals surface area contributed by atoms with Crippen LogP contribution >= 0.6 is 0 Å². The van der Waals surface area contributed by atoms with Crippen LogP contribution in [0.15, 0.2) is 55.1 Å². The summed E-state index contributed by atoms with van der Waals surface area (Å²) in [5.41, 5.74) is 2.71. The predicted molar refractivity (Wildman–Crippen MR) is 201 cm³/mol. The summed E-state index contributed by atoms with van der Waals surface area (Å²) in [4.78, 5) is 68.5. The number of benzene rings is 1. The quantitative estimate of drug-likeness (QED) is 0.195. The van der Waals surface area contributed by atoms with E-state index in [0.29, 0.717) is 55.5 Å². The Balaban J connectivity index is 0.871. The van der Waals surface area contributed by atoms with E-state index in [1.165, 1.54) is 12.4 Å². The molecule has 9 rings (SSSR count). The molecule has 0 bridgehead atoms. The minimum atomic E-state index is -3.51. The van der Waals surface area contributed by atoms with Gasteiger partial charge in [0.15, 0.2) is 11.6 Å². The van der Waals surface area contributed by atoms with Gasteiger partial charge in [-0.15, -0.1) is 0 Å². The van der Waals surface area contributed by atoms with Gasteiger partial charge < -0.3 is 10.2 Å². The van der Waals surface area contributed by atoms with Crippen molar-refractivity contribution in [2.45, 2.75) is 50.9 Å². The number of nitrogens with one attached hydrogen (secondary N) is 2. The molecule has 1 aliphatic carbocycles. The van der Waals surface area contributed by atoms with Crippen LogP contribution in [-0.2, 0) is 21.4 Å². The van der Waals surface area contributed by atoms with Crippen molar-refractivity contribution in [1.82, 2.24) is 54.2 Å². The van der Waals surface area contributed by atoms with Gasteiger partial charge in [0, 0.05) is 63.6 Å². The molecular formula is C36H37N13O6S. The van der Waals surface area contributed by atoms with E-state index in [4.69, 9.17) is 10.1 Å². The van der Waals surface area contributed by atoms with E-state index in [1.807, 2.05) is 16.8 Å². The first-order valence-electron chi connectivity index (χ1n) is 18.3. The second-order valence-corrected chi connectivity index (χ2v) is 16.5. The van der Waals surface area contributed by atoms with E-state index in [-0.39, 0.29) is 35.4 Å². The van der Waals surface area contributed by atoms with E-state index in [2.05, 4.69) is 49.3 Å². The highest BCUT2D eigenvalue weighted by atomic mass is 32.2. The molecule has 0 unspecified atom stereocenters. The lowest BCUT2D eigenvalue weighted by Crippen LogP contribution is -2.58. The van der Waals surface area contributed by atoms with Crippen LogP contribution in [-0.4, -0.2) is 119 Å². The van der Waals surface area contributed by atoms with Crippen molar-refractivity contribution in [2.75, 3.05) is 42.9 Å². The van der Waals surface area contributed by atoms with Gasteiger partial charge in [0.05, 0.1) is 51.8 Å². The fourth-order valence-corrected chi connectivity index (χ4v) is 8.68. The Kier molecular flexibility index (Phi) is 8.53. The fraction of sp³-hybridized carbons (Fsp3) is 0.361. The van der Waals surface area contributed by atoms with Gasteiger partial charge in [0.1, 0.15) is 11.6 Å². The highest BCUT2D eigenvalue weighted by molar-refractivity contribution is 7.90. The summed E-state index contributed by atoms with van der Waals surface area (Å²) in [7, 11) is -3.51. The van der Waals surface area contributed by atoms with Gasteiger partial charge in [-0.1, -0.05) is 6.07 Å². The van der Waals surface area contributed by atoms with Crippen LogP contribution in [0.3, 0.4) is 0 Å². The molecular weight excluding hydrogens is 743 g/mol. The van der Waals surface area contributed by atoms with Crippen molar-refractivity contribution in [2.24, 2.45) is 0 Å². The maximum absolute atomic E-state index is 13.3. The summed E-state index contributed by atoms with van der Waals surface area (Å²) in [6.45, 7) is 7.49. The number of aromatic nitrogens is 7. The van der Waals surface area contributed by atoms with Crippen LogP contribution in [0, 0.1) is 0 Å². The minimum absolute atomic E-state index is 0.00199. The molecule has 0 spiro atoms. The molecule has 3 aliphatic heterocycles. The lowest BCUT2D eigenvalue weighted by Gasteiger charge is -2.35. The van der Waals surface area contributed by atoms with Crippen LogP contribution in [0.2, 0.25) is 0 Å². The number of hydrazine groups is 1. The highest BCUT2D eigenvalue weighted by Gasteiger charge is 2.43. The molecule has 7 heterocycles. The van der Waals surface area contributed by atoms with Gasteiger partial charge >= 0.3 is 6.03 Å². The normalized spacial score (nSPS) is 18.0. The Morgan fingerprint density at radius 3 is 2.45 bits per heavy atom. The second-order valence-electron chi connectivity index (χ2n) is 14.5. The predicted octanol–water partition coefficient (Wildman–Crippen LogP) is 2.52. The number of imide groups is 2. The molecule has 4 aliphatic rings. The van der Waals surface area contributed by atoms with Crippen molar-refractivity contribution >= 4 is 62.1 Å². The Morgan fingerprint density at radius 2 is 1.70 bits per heavy atom. The van der Waals surface area contributed by atoms with Crippen LogP contribution in [0.25, 0.3) is 22.3 Å². The SMILES string of the molecule is CC(C)n1nc(N2CCN(Cc3ccc4c(c3)C(=O)N(N3CCC(=O)NC3=O)C4=O)CC2)c2cnc(Nc3ccnc(-c4cnn(S(=O)(=O)C5CC5)c4)n3)cc21. The number of carbonyl (C=O) groups is 4. The zero-order valence-corrected chi connectivity index (χ0v) is 31.3. The maximum Gasteiger partial charge on any atom is 0.343 e. The first kappa shape index (κ1) is 35.4. The third-order valence-electron chi connectivity index (χ3n) is 10.3. The monoisotopic (exact) mass is 779 g/mol. The molecule has 4 aromatic heterocycles. The number of hydrogen-bond donors (Lipinski definition) is 2. The molecule has 0 atom stereocenters. The smallest absolute Gasteiger partial charge is 0.343 e. The van der Waals surface area contributed by atoms with Gasteiger partial charge in [-0.2, -0.15) is 19.3 Å². The zero-order chi connectivity index (χ0) is 38.9. The third kappa shape index (κ3) is 6.29. The summed E-state index contributed by atoms with van der Waals surface area (Å²) < 4.78 is 28.2. The number of pyridine rings is 1. The average Bonchev–Trinajstić information content (AvgIpc) is 3.73. The Morgan fingerprint density at radius 1 is 0.911 bits per heavy atom. The van der Waals surface area contributed by atoms with Gasteiger partial charge in [-0.3, -0.25) is 29.3 Å². The average molecular weight is 780 g/mol. The molecule has 1 saturated carbocycles. The molecule has 0 radical (unpaired) electrons. The lowest BCUT2D eigenvalue weighted by molar-refractivity contribution is -0.122. The van der Waals surface area contributed by atoms with E-state index >= 15 is 0 Å². The first-order valence-corrected chi connectivity index (χ1v) is 19.8. The van der Waals surface area contributed by atoms with Crippen molar-refractivity contribution in [1.29, 1.82) is 0 Å². The largest absolute Gasteiger partial charge is 0.352 e. The molecule has 2 saturated heterocycles. The number of piperazine rings is 1. The minimum Gasteiger partial charge on any atom is -0.352 e. The van der Waals surface area contributed by atoms with Crippen LogP contribution in [0.1, 0.15) is 65.4 Å². The highest BCUT2D eigenvalue weighted by Crippen LogP contribution is 2.33. The second kappa shape index (κ2) is 13.5. The van der Waals surface area contributed by atoms with E-state index in [1.54, 1.807) is 30.6 Å². The zero-order valence-electron chi connectivity index (χ0n) is 30.5. The molecule has 56 heavy (non-hydrogen) atoms. The molecule has 2 N–H and O–H groups in total. The standard InChI is InChI=1S/C36H37N13O6S/c1-21(2)48-28-16-30(40-29-7-9-37-32(41-29)23-17-39-47(20-23)56(54,55)24-4-5-24)38-18-27(28)33(43-48)45-13-11-44(12-14-45)19-22-3-6-25-26(15-22)35(52)49(34(25)51)46-10-8-31(50)42-36(46)53/h3,6-7,9,15-18,20-21,24H,4-5,8,10-14,19H2,1-2H3,(H,42,50,53)(H,37,38,40,41). The third-order valence-corrected chi connectivity index (χ3v) is 12.3. The van der Waals surface area contributed by atoms with Gasteiger partial charge in [0.2, 0.25) is 5.91 Å². The molecule has 19 nitrogen and oxygen atoms in total. The van der Waals surface area contributed by atoms with Crippen molar-refractivity contribution in [3.8, 4) is 11.4 Å². The first-order chi connectivity index (χ1) is 26.9. The molecule has 3 fully saturated rings. The summed E-state index contributed by atoms with van der Waals surface area (Å²) in [5.74, 6) is 0.571. The topological polar surface area (TPSA) is 214 Å². The Hall–Kier alpha value is -6.28. The summed E-state index contributed by atoms with van der Waals surface area (Å²) >= 11 is 0. The lowest BCUT2D eigenvalue weighted by atomic mass is 10.1. The molecule has 5 amide bonds. The van der Waals surface area contributed by atoms with Crippen molar-refractivity contribution in [3.63, 3.8) is 0 Å². The van der Waals surface area contributed by atoms with E-state index in [0.717, 1.165) is 49.5 Å². The summed E-state index contributed by atoms with van der Waals surface area (Å²) in [6, 6.07) is 8.07. The number of nitrogens with zero attached hydrogens (tertiary/aromatic N) is 11. The maximum atomic E-state index is 13.3. The number of hydrogen-bond acceptors (Lipinski definition) is 14. The van der Waals surface area contributed by atoms with Crippen LogP contribution in [0.4, 0.5) is 22.2 Å². The summed E-state index contributed by atoms with van der Waals surface area (Å²) in [5, 5.41) is 16.8. The molecule has 5 aromatic rings. The van der Waals surface area contributed by atoms with Gasteiger partial charge in [-0.05, 0) is 50.5 Å². The van der Waals surface area contributed by atoms with Crippen molar-refractivity contribution in [3.05, 3.63) is 71.8 Å². The van der Waals surface area contributed by atoms with E-state index in [9.17, 15) is 27.6 Å². The fourth-order valence-electron chi connectivity index (χ4n) is 7.20. The Labute approximate surface area is 320 Å².